The van der Waals surface area contributed by atoms with Crippen LogP contribution in [0.1, 0.15) is 13.8 Å². The Hall–Kier alpha value is -1.71. The predicted molar refractivity (Wildman–Crippen MR) is 68.0 cm³/mol. The third-order valence-electron chi connectivity index (χ3n) is 2.51. The maximum atomic E-state index is 5.80. The molecule has 92 valence electrons. The lowest BCUT2D eigenvalue weighted by atomic mass is 10.2. The lowest BCUT2D eigenvalue weighted by Gasteiger charge is -2.26. The van der Waals surface area contributed by atoms with Crippen molar-refractivity contribution in [2.45, 2.75) is 20.0 Å². The molecule has 1 unspecified atom stereocenters. The quantitative estimate of drug-likeness (QED) is 0.806. The molecule has 3 rings (SSSR count). The van der Waals surface area contributed by atoms with Crippen LogP contribution in [0.25, 0.3) is 0 Å². The van der Waals surface area contributed by atoms with Crippen LogP contribution >= 0.6 is 0 Å². The second-order valence-electron chi connectivity index (χ2n) is 3.56. The molecule has 0 bridgehead atoms. The second-order valence-corrected chi connectivity index (χ2v) is 3.56. The highest BCUT2D eigenvalue weighted by molar-refractivity contribution is 5.88. The van der Waals surface area contributed by atoms with Crippen molar-refractivity contribution in [3.05, 3.63) is 24.3 Å². The van der Waals surface area contributed by atoms with Crippen LogP contribution in [0, 0.1) is 0 Å². The summed E-state index contributed by atoms with van der Waals surface area (Å²) in [6.45, 7) is 6.26. The SMILES string of the molecule is CC.c1ccc2c(c1)OCC(C1=NCCN1)O2. The summed E-state index contributed by atoms with van der Waals surface area (Å²) < 4.78 is 11.4. The van der Waals surface area contributed by atoms with Crippen LogP contribution in [0.15, 0.2) is 29.3 Å². The topological polar surface area (TPSA) is 42.8 Å². The van der Waals surface area contributed by atoms with Crippen molar-refractivity contribution in [2.24, 2.45) is 4.99 Å². The molecular weight excluding hydrogens is 216 g/mol. The van der Waals surface area contributed by atoms with Crippen molar-refractivity contribution in [3.63, 3.8) is 0 Å². The Morgan fingerprint density at radius 3 is 2.71 bits per heavy atom. The number of hydrogen-bond donors (Lipinski definition) is 1. The molecule has 0 saturated heterocycles. The Morgan fingerprint density at radius 1 is 1.24 bits per heavy atom. The molecule has 17 heavy (non-hydrogen) atoms. The molecule has 1 aromatic carbocycles. The van der Waals surface area contributed by atoms with Crippen molar-refractivity contribution in [1.29, 1.82) is 0 Å². The highest BCUT2D eigenvalue weighted by Gasteiger charge is 2.26. The van der Waals surface area contributed by atoms with Crippen LogP contribution < -0.4 is 14.8 Å². The standard InChI is InChI=1S/C11H12N2O2.C2H6/c1-2-4-9-8(3-1)14-7-10(15-9)11-12-5-6-13-11;1-2/h1-4,10H,5-7H2,(H,12,13);1-2H3. The van der Waals surface area contributed by atoms with Gasteiger partial charge in [-0.1, -0.05) is 26.0 Å². The fraction of sp³-hybridized carbons (Fsp3) is 0.462. The number of hydrogen-bond acceptors (Lipinski definition) is 4. The first-order valence-electron chi connectivity index (χ1n) is 6.10. The highest BCUT2D eigenvalue weighted by atomic mass is 16.6. The summed E-state index contributed by atoms with van der Waals surface area (Å²) >= 11 is 0. The minimum atomic E-state index is -0.0811. The number of nitrogens with one attached hydrogen (secondary N) is 1. The van der Waals surface area contributed by atoms with Gasteiger partial charge in [0, 0.05) is 6.54 Å². The molecule has 0 saturated carbocycles. The van der Waals surface area contributed by atoms with Gasteiger partial charge in [0.25, 0.3) is 0 Å². The van der Waals surface area contributed by atoms with Gasteiger partial charge in [0.2, 0.25) is 0 Å². The van der Waals surface area contributed by atoms with Gasteiger partial charge in [-0.05, 0) is 12.1 Å². The Bertz CT molecular complexity index is 404. The summed E-state index contributed by atoms with van der Waals surface area (Å²) in [5.74, 6) is 2.52. The number of nitrogens with zero attached hydrogens (tertiary/aromatic N) is 1. The lowest BCUT2D eigenvalue weighted by molar-refractivity contribution is 0.133. The Labute approximate surface area is 102 Å². The molecule has 0 aromatic heterocycles. The van der Waals surface area contributed by atoms with E-state index in [0.717, 1.165) is 30.4 Å². The van der Waals surface area contributed by atoms with E-state index < -0.39 is 0 Å². The summed E-state index contributed by atoms with van der Waals surface area (Å²) in [7, 11) is 0. The highest BCUT2D eigenvalue weighted by Crippen LogP contribution is 2.31. The third-order valence-corrected chi connectivity index (χ3v) is 2.51. The summed E-state index contributed by atoms with van der Waals surface area (Å²) in [6.07, 6.45) is -0.0811. The Kier molecular flexibility index (Phi) is 3.85. The van der Waals surface area contributed by atoms with Gasteiger partial charge in [0.05, 0.1) is 6.54 Å². The summed E-state index contributed by atoms with van der Waals surface area (Å²) in [5.41, 5.74) is 0. The maximum absolute atomic E-state index is 5.80. The zero-order chi connectivity index (χ0) is 12.1. The zero-order valence-corrected chi connectivity index (χ0v) is 10.3. The van der Waals surface area contributed by atoms with Crippen LogP contribution in [-0.2, 0) is 0 Å². The average Bonchev–Trinajstić information content (AvgIpc) is 2.94. The Balaban J connectivity index is 0.000000514. The molecule has 2 aliphatic rings. The van der Waals surface area contributed by atoms with Gasteiger partial charge in [-0.3, -0.25) is 4.99 Å². The van der Waals surface area contributed by atoms with Crippen molar-refractivity contribution in [2.75, 3.05) is 19.7 Å². The fourth-order valence-corrected chi connectivity index (χ4v) is 1.79. The van der Waals surface area contributed by atoms with Gasteiger partial charge in [-0.15, -0.1) is 0 Å². The molecule has 0 aliphatic carbocycles. The van der Waals surface area contributed by atoms with Gasteiger partial charge >= 0.3 is 0 Å². The second kappa shape index (κ2) is 5.57. The summed E-state index contributed by atoms with van der Waals surface area (Å²) in [6, 6.07) is 7.70. The number of aliphatic imine (C=N–C) groups is 1. The molecule has 0 spiro atoms. The van der Waals surface area contributed by atoms with Crippen molar-refractivity contribution in [3.8, 4) is 11.5 Å². The van der Waals surface area contributed by atoms with E-state index in [9.17, 15) is 0 Å². The molecule has 4 nitrogen and oxygen atoms in total. The number of para-hydroxylation sites is 2. The predicted octanol–water partition coefficient (Wildman–Crippen LogP) is 1.85. The molecule has 2 heterocycles. The number of benzene rings is 1. The van der Waals surface area contributed by atoms with Gasteiger partial charge in [-0.25, -0.2) is 0 Å². The molecule has 0 amide bonds. The van der Waals surface area contributed by atoms with Crippen LogP contribution in [0.3, 0.4) is 0 Å². The fourth-order valence-electron chi connectivity index (χ4n) is 1.79. The van der Waals surface area contributed by atoms with Crippen LogP contribution in [0.5, 0.6) is 11.5 Å². The van der Waals surface area contributed by atoms with Crippen molar-refractivity contribution in [1.82, 2.24) is 5.32 Å². The van der Waals surface area contributed by atoms with E-state index in [2.05, 4.69) is 10.3 Å². The first-order valence-corrected chi connectivity index (χ1v) is 6.10. The first-order chi connectivity index (χ1) is 8.43. The number of amidine groups is 1. The molecule has 1 aromatic rings. The van der Waals surface area contributed by atoms with E-state index in [0.29, 0.717) is 6.61 Å². The zero-order valence-electron chi connectivity index (χ0n) is 10.3. The van der Waals surface area contributed by atoms with E-state index in [1.165, 1.54) is 0 Å². The average molecular weight is 234 g/mol. The van der Waals surface area contributed by atoms with Crippen molar-refractivity contribution >= 4 is 5.84 Å². The molecule has 4 heteroatoms. The minimum absolute atomic E-state index is 0.0811. The number of rotatable bonds is 1. The monoisotopic (exact) mass is 234 g/mol. The number of ether oxygens (including phenoxy) is 2. The molecule has 0 radical (unpaired) electrons. The van der Waals surface area contributed by atoms with Gasteiger partial charge in [-0.2, -0.15) is 0 Å². The van der Waals surface area contributed by atoms with Crippen LogP contribution in [0.2, 0.25) is 0 Å². The van der Waals surface area contributed by atoms with Gasteiger partial charge in [0.15, 0.2) is 17.6 Å². The van der Waals surface area contributed by atoms with Crippen LogP contribution in [0.4, 0.5) is 0 Å². The molecule has 1 N–H and O–H groups in total. The molecule has 1 atom stereocenters. The molecule has 2 aliphatic heterocycles. The third kappa shape index (κ3) is 2.52. The van der Waals surface area contributed by atoms with E-state index in [1.807, 2.05) is 38.1 Å². The first kappa shape index (κ1) is 11.8. The normalized spacial score (nSPS) is 20.8. The van der Waals surface area contributed by atoms with Crippen LogP contribution in [-0.4, -0.2) is 31.6 Å². The molecular formula is C13H18N2O2. The summed E-state index contributed by atoms with van der Waals surface area (Å²) in [5, 5.41) is 3.20. The number of fused-ring (bicyclic) bond motifs is 1. The minimum Gasteiger partial charge on any atom is -0.485 e. The maximum Gasteiger partial charge on any atom is 0.189 e. The van der Waals surface area contributed by atoms with E-state index in [-0.39, 0.29) is 6.10 Å². The Morgan fingerprint density at radius 2 is 2.00 bits per heavy atom. The lowest BCUT2D eigenvalue weighted by Crippen LogP contribution is -2.42. The van der Waals surface area contributed by atoms with Gasteiger partial charge < -0.3 is 14.8 Å². The van der Waals surface area contributed by atoms with E-state index in [4.69, 9.17) is 9.47 Å². The van der Waals surface area contributed by atoms with E-state index in [1.54, 1.807) is 0 Å². The smallest absolute Gasteiger partial charge is 0.189 e. The summed E-state index contributed by atoms with van der Waals surface area (Å²) in [4.78, 5) is 4.33. The van der Waals surface area contributed by atoms with Crippen molar-refractivity contribution < 1.29 is 9.47 Å². The van der Waals surface area contributed by atoms with E-state index >= 15 is 0 Å². The molecule has 0 fully saturated rings. The van der Waals surface area contributed by atoms with Gasteiger partial charge in [0.1, 0.15) is 12.4 Å². The largest absolute Gasteiger partial charge is 0.485 e.